The average Bonchev–Trinajstić information content (AvgIpc) is 3.02. The SMILES string of the molecule is COC[C@H]1O[C@@H](n2cc3cc[nH]c3nc2=O)[C@@H](F)C1OC. The number of H-pyrrole nitrogens is 1. The van der Waals surface area contributed by atoms with Crippen molar-refractivity contribution >= 4 is 11.0 Å². The molecule has 0 aliphatic carbocycles. The molecule has 0 saturated carbocycles. The first-order chi connectivity index (χ1) is 10.2. The van der Waals surface area contributed by atoms with Crippen molar-refractivity contribution in [2.45, 2.75) is 24.6 Å². The Morgan fingerprint density at radius 2 is 2.33 bits per heavy atom. The molecule has 3 rings (SSSR count). The molecule has 1 aliphatic heterocycles. The third-order valence-corrected chi connectivity index (χ3v) is 3.61. The van der Waals surface area contributed by atoms with E-state index in [0.29, 0.717) is 11.0 Å². The summed E-state index contributed by atoms with van der Waals surface area (Å²) in [5.41, 5.74) is -0.119. The lowest BCUT2D eigenvalue weighted by molar-refractivity contribution is -0.0623. The van der Waals surface area contributed by atoms with Crippen LogP contribution in [-0.2, 0) is 14.2 Å². The van der Waals surface area contributed by atoms with Gasteiger partial charge >= 0.3 is 5.69 Å². The minimum absolute atomic E-state index is 0.185. The summed E-state index contributed by atoms with van der Waals surface area (Å²) in [6.45, 7) is 0.185. The number of hydrogen-bond acceptors (Lipinski definition) is 5. The van der Waals surface area contributed by atoms with Crippen molar-refractivity contribution in [1.29, 1.82) is 0 Å². The van der Waals surface area contributed by atoms with Gasteiger partial charge in [-0.3, -0.25) is 4.57 Å². The van der Waals surface area contributed by atoms with Gasteiger partial charge < -0.3 is 19.2 Å². The van der Waals surface area contributed by atoms with Gasteiger partial charge in [-0.25, -0.2) is 9.18 Å². The molecule has 1 N–H and O–H groups in total. The van der Waals surface area contributed by atoms with Crippen LogP contribution in [0.4, 0.5) is 4.39 Å². The van der Waals surface area contributed by atoms with Crippen LogP contribution >= 0.6 is 0 Å². The molecule has 0 amide bonds. The molecule has 1 aliphatic rings. The van der Waals surface area contributed by atoms with Gasteiger partial charge in [-0.05, 0) is 6.07 Å². The van der Waals surface area contributed by atoms with Crippen molar-refractivity contribution in [3.8, 4) is 0 Å². The lowest BCUT2D eigenvalue weighted by Crippen LogP contribution is -2.34. The Labute approximate surface area is 119 Å². The van der Waals surface area contributed by atoms with Crippen LogP contribution in [0.5, 0.6) is 0 Å². The molecule has 0 bridgehead atoms. The smallest absolute Gasteiger partial charge is 0.351 e. The Balaban J connectivity index is 1.98. The number of rotatable bonds is 4. The van der Waals surface area contributed by atoms with Gasteiger partial charge in [0, 0.05) is 32.0 Å². The molecular formula is C13H16FN3O4. The van der Waals surface area contributed by atoms with Crippen LogP contribution in [0.2, 0.25) is 0 Å². The maximum Gasteiger partial charge on any atom is 0.351 e. The summed E-state index contributed by atoms with van der Waals surface area (Å²) >= 11 is 0. The number of fused-ring (bicyclic) bond motifs is 1. The molecule has 8 heteroatoms. The first kappa shape index (κ1) is 14.2. The molecule has 2 aromatic heterocycles. The van der Waals surface area contributed by atoms with E-state index in [4.69, 9.17) is 14.2 Å². The Kier molecular flexibility index (Phi) is 3.75. The Hall–Kier alpha value is -1.77. The summed E-state index contributed by atoms with van der Waals surface area (Å²) in [7, 11) is 2.90. The summed E-state index contributed by atoms with van der Waals surface area (Å²) < 4.78 is 31.4. The van der Waals surface area contributed by atoms with Gasteiger partial charge in [0.2, 0.25) is 0 Å². The summed E-state index contributed by atoms with van der Waals surface area (Å²) in [4.78, 5) is 18.7. The quantitative estimate of drug-likeness (QED) is 0.895. The van der Waals surface area contributed by atoms with E-state index < -0.39 is 30.3 Å². The van der Waals surface area contributed by atoms with Crippen LogP contribution in [0.15, 0.2) is 23.3 Å². The Morgan fingerprint density at radius 1 is 1.52 bits per heavy atom. The number of halogens is 1. The van der Waals surface area contributed by atoms with Gasteiger partial charge in [0.1, 0.15) is 17.9 Å². The van der Waals surface area contributed by atoms with Gasteiger partial charge in [-0.2, -0.15) is 4.98 Å². The van der Waals surface area contributed by atoms with Gasteiger partial charge in [-0.15, -0.1) is 0 Å². The first-order valence-electron chi connectivity index (χ1n) is 6.53. The second-order valence-electron chi connectivity index (χ2n) is 4.88. The summed E-state index contributed by atoms with van der Waals surface area (Å²) in [6.07, 6.45) is -0.728. The van der Waals surface area contributed by atoms with Crippen molar-refractivity contribution in [2.75, 3.05) is 20.8 Å². The molecule has 0 spiro atoms. The summed E-state index contributed by atoms with van der Waals surface area (Å²) in [5, 5.41) is 0.703. The maximum atomic E-state index is 14.5. The maximum absolute atomic E-state index is 14.5. The number of aromatic nitrogens is 3. The fourth-order valence-corrected chi connectivity index (χ4v) is 2.61. The van der Waals surface area contributed by atoms with Gasteiger partial charge in [0.25, 0.3) is 0 Å². The lowest BCUT2D eigenvalue weighted by Gasteiger charge is -2.16. The average molecular weight is 297 g/mol. The number of nitrogens with zero attached hydrogens (tertiary/aromatic N) is 2. The predicted molar refractivity (Wildman–Crippen MR) is 71.8 cm³/mol. The molecule has 2 aromatic rings. The second kappa shape index (κ2) is 5.55. The normalized spacial score (nSPS) is 29.3. The zero-order valence-corrected chi connectivity index (χ0v) is 11.7. The molecule has 3 heterocycles. The van der Waals surface area contributed by atoms with E-state index in [1.165, 1.54) is 20.4 Å². The third-order valence-electron chi connectivity index (χ3n) is 3.61. The second-order valence-corrected chi connectivity index (χ2v) is 4.88. The Bertz CT molecular complexity index is 685. The van der Waals surface area contributed by atoms with Crippen LogP contribution < -0.4 is 5.69 Å². The molecule has 114 valence electrons. The number of alkyl halides is 1. The van der Waals surface area contributed by atoms with Crippen molar-refractivity contribution in [2.24, 2.45) is 0 Å². The number of nitrogens with one attached hydrogen (secondary N) is 1. The molecule has 21 heavy (non-hydrogen) atoms. The van der Waals surface area contributed by atoms with Crippen LogP contribution in [0.25, 0.3) is 11.0 Å². The van der Waals surface area contributed by atoms with Crippen molar-refractivity contribution in [1.82, 2.24) is 14.5 Å². The van der Waals surface area contributed by atoms with E-state index in [1.54, 1.807) is 12.3 Å². The molecule has 0 aromatic carbocycles. The summed E-state index contributed by atoms with van der Waals surface area (Å²) in [5.74, 6) is 0. The highest BCUT2D eigenvalue weighted by atomic mass is 19.1. The fourth-order valence-electron chi connectivity index (χ4n) is 2.61. The molecular weight excluding hydrogens is 281 g/mol. The van der Waals surface area contributed by atoms with Gasteiger partial charge in [0.05, 0.1) is 6.61 Å². The largest absolute Gasteiger partial charge is 0.382 e. The van der Waals surface area contributed by atoms with E-state index >= 15 is 0 Å². The monoisotopic (exact) mass is 297 g/mol. The van der Waals surface area contributed by atoms with E-state index in [2.05, 4.69) is 9.97 Å². The van der Waals surface area contributed by atoms with Crippen molar-refractivity contribution in [3.05, 3.63) is 28.9 Å². The van der Waals surface area contributed by atoms with Crippen LogP contribution in [0.3, 0.4) is 0 Å². The highest BCUT2D eigenvalue weighted by molar-refractivity contribution is 5.73. The van der Waals surface area contributed by atoms with Crippen molar-refractivity contribution in [3.63, 3.8) is 0 Å². The zero-order valence-electron chi connectivity index (χ0n) is 11.7. The molecule has 0 radical (unpaired) electrons. The van der Waals surface area contributed by atoms with E-state index in [-0.39, 0.29) is 6.61 Å². The standard InChI is InChI=1S/C13H16FN3O4/c1-19-6-8-10(20-2)9(14)12(21-8)17-5-7-3-4-15-11(7)16-13(17)18/h3-5,8-10,12H,6H2,1-2H3,(H,15,16,18)/t8-,9+,10?,12-/m1/s1. The molecule has 1 fully saturated rings. The van der Waals surface area contributed by atoms with Crippen LogP contribution in [0, 0.1) is 0 Å². The number of methoxy groups -OCH3 is 2. The van der Waals surface area contributed by atoms with Gasteiger partial charge in [-0.1, -0.05) is 0 Å². The molecule has 1 saturated heterocycles. The molecule has 1 unspecified atom stereocenters. The van der Waals surface area contributed by atoms with Crippen LogP contribution in [0.1, 0.15) is 6.23 Å². The highest BCUT2D eigenvalue weighted by Gasteiger charge is 2.46. The van der Waals surface area contributed by atoms with E-state index in [9.17, 15) is 9.18 Å². The molecule has 7 nitrogen and oxygen atoms in total. The molecule has 4 atom stereocenters. The van der Waals surface area contributed by atoms with Crippen LogP contribution in [-0.4, -0.2) is 53.7 Å². The topological polar surface area (TPSA) is 78.4 Å². The minimum Gasteiger partial charge on any atom is -0.382 e. The van der Waals surface area contributed by atoms with E-state index in [1.807, 2.05) is 0 Å². The number of aromatic amines is 1. The Morgan fingerprint density at radius 3 is 3.05 bits per heavy atom. The number of hydrogen-bond donors (Lipinski definition) is 1. The minimum atomic E-state index is -1.48. The fraction of sp³-hybridized carbons (Fsp3) is 0.538. The predicted octanol–water partition coefficient (Wildman–Crippen LogP) is 0.621. The third kappa shape index (κ3) is 2.35. The number of ether oxygens (including phenoxy) is 3. The van der Waals surface area contributed by atoms with E-state index in [0.717, 1.165) is 4.57 Å². The zero-order chi connectivity index (χ0) is 15.0. The highest BCUT2D eigenvalue weighted by Crippen LogP contribution is 2.33. The lowest BCUT2D eigenvalue weighted by atomic mass is 10.1. The first-order valence-corrected chi connectivity index (χ1v) is 6.53. The van der Waals surface area contributed by atoms with Gasteiger partial charge in [0.15, 0.2) is 12.4 Å². The van der Waals surface area contributed by atoms with Crippen molar-refractivity contribution < 1.29 is 18.6 Å². The summed E-state index contributed by atoms with van der Waals surface area (Å²) in [6, 6.07) is 1.75.